The largest absolute Gasteiger partial charge is 0.377 e. The van der Waals surface area contributed by atoms with Crippen molar-refractivity contribution in [1.29, 1.82) is 0 Å². The molecule has 190 valence electrons. The SMILES string of the molecule is CC.CC1CCC(CCC(C)C(C)NC(C)C(N)O)C1.CCCC(Cl)CC(CC)CC. The van der Waals surface area contributed by atoms with Crippen LogP contribution in [0, 0.1) is 23.7 Å². The van der Waals surface area contributed by atoms with Gasteiger partial charge in [-0.25, -0.2) is 0 Å². The predicted molar refractivity (Wildman–Crippen MR) is 142 cm³/mol. The normalized spacial score (nSPS) is 23.1. The average molecular weight is 463 g/mol. The maximum Gasteiger partial charge on any atom is 0.117 e. The summed E-state index contributed by atoms with van der Waals surface area (Å²) in [5, 5.41) is 13.1. The van der Waals surface area contributed by atoms with Crippen molar-refractivity contribution < 1.29 is 5.11 Å². The lowest BCUT2D eigenvalue weighted by atomic mass is 9.91. The standard InChI is InChI=1S/C15H32N2O.C10H21Cl.C2H6/c1-10-5-7-14(9-10)8-6-11(2)12(3)17-13(4)15(16)18;1-4-7-10(11)8-9(5-2)6-3;1-2/h10-15,17-18H,5-9,16H2,1-4H3;9-10H,4-8H2,1-3H3;1-2H3. The summed E-state index contributed by atoms with van der Waals surface area (Å²) >= 11 is 6.13. The van der Waals surface area contributed by atoms with Crippen LogP contribution in [-0.2, 0) is 0 Å². The number of aliphatic hydroxyl groups is 1. The van der Waals surface area contributed by atoms with Gasteiger partial charge in [-0.1, -0.05) is 87.0 Å². The first-order chi connectivity index (χ1) is 14.6. The predicted octanol–water partition coefficient (Wildman–Crippen LogP) is 7.73. The van der Waals surface area contributed by atoms with Crippen molar-refractivity contribution in [3.63, 3.8) is 0 Å². The molecule has 0 saturated heterocycles. The monoisotopic (exact) mass is 462 g/mol. The molecule has 0 bridgehead atoms. The Bertz CT molecular complexity index is 376. The quantitative estimate of drug-likeness (QED) is 0.194. The molecule has 0 aliphatic heterocycles. The third-order valence-electron chi connectivity index (χ3n) is 7.07. The lowest BCUT2D eigenvalue weighted by Gasteiger charge is -2.27. The van der Waals surface area contributed by atoms with Crippen molar-refractivity contribution in [3.05, 3.63) is 0 Å². The number of hydrogen-bond acceptors (Lipinski definition) is 3. The van der Waals surface area contributed by atoms with Gasteiger partial charge in [0.1, 0.15) is 6.23 Å². The summed E-state index contributed by atoms with van der Waals surface area (Å²) in [5.41, 5.74) is 5.47. The number of halogens is 1. The molecule has 1 aliphatic carbocycles. The third-order valence-corrected chi connectivity index (χ3v) is 7.47. The minimum Gasteiger partial charge on any atom is -0.377 e. The van der Waals surface area contributed by atoms with Crippen molar-refractivity contribution in [2.75, 3.05) is 0 Å². The van der Waals surface area contributed by atoms with Crippen LogP contribution in [0.3, 0.4) is 0 Å². The molecule has 0 aromatic carbocycles. The topological polar surface area (TPSA) is 58.3 Å². The van der Waals surface area contributed by atoms with Gasteiger partial charge in [0.2, 0.25) is 0 Å². The van der Waals surface area contributed by atoms with Crippen LogP contribution in [0.1, 0.15) is 127 Å². The van der Waals surface area contributed by atoms with Gasteiger partial charge in [-0.3, -0.25) is 0 Å². The van der Waals surface area contributed by atoms with Gasteiger partial charge in [-0.15, -0.1) is 11.6 Å². The van der Waals surface area contributed by atoms with E-state index in [-0.39, 0.29) is 6.04 Å². The second kappa shape index (κ2) is 20.8. The van der Waals surface area contributed by atoms with E-state index in [2.05, 4.69) is 46.9 Å². The van der Waals surface area contributed by atoms with Crippen LogP contribution < -0.4 is 11.1 Å². The van der Waals surface area contributed by atoms with Crippen LogP contribution in [-0.4, -0.2) is 28.8 Å². The van der Waals surface area contributed by atoms with Crippen molar-refractivity contribution in [2.24, 2.45) is 29.4 Å². The van der Waals surface area contributed by atoms with E-state index < -0.39 is 6.23 Å². The molecule has 0 spiro atoms. The summed E-state index contributed by atoms with van der Waals surface area (Å²) < 4.78 is 0. The first-order valence-corrected chi connectivity index (χ1v) is 13.9. The lowest BCUT2D eigenvalue weighted by Crippen LogP contribution is -2.48. The first-order valence-electron chi connectivity index (χ1n) is 13.5. The van der Waals surface area contributed by atoms with Gasteiger partial charge in [0, 0.05) is 17.5 Å². The van der Waals surface area contributed by atoms with E-state index in [4.69, 9.17) is 17.3 Å². The van der Waals surface area contributed by atoms with Crippen LogP contribution in [0.4, 0.5) is 0 Å². The molecule has 3 nitrogen and oxygen atoms in total. The number of rotatable bonds is 13. The van der Waals surface area contributed by atoms with Crippen molar-refractivity contribution in [2.45, 2.75) is 150 Å². The van der Waals surface area contributed by atoms with E-state index in [9.17, 15) is 5.11 Å². The number of alkyl halides is 1. The van der Waals surface area contributed by atoms with Gasteiger partial charge in [0.15, 0.2) is 0 Å². The maximum atomic E-state index is 9.30. The first kappa shape index (κ1) is 33.3. The van der Waals surface area contributed by atoms with E-state index in [1.807, 2.05) is 20.8 Å². The minimum atomic E-state index is -0.768. The highest BCUT2D eigenvalue weighted by Crippen LogP contribution is 2.34. The second-order valence-electron chi connectivity index (χ2n) is 9.88. The highest BCUT2D eigenvalue weighted by Gasteiger charge is 2.23. The Balaban J connectivity index is 0. The zero-order valence-corrected chi connectivity index (χ0v) is 23.3. The lowest BCUT2D eigenvalue weighted by molar-refractivity contribution is 0.129. The van der Waals surface area contributed by atoms with Crippen molar-refractivity contribution in [3.8, 4) is 0 Å². The van der Waals surface area contributed by atoms with E-state index in [0.717, 1.165) is 17.8 Å². The molecular formula is C27H59ClN2O. The highest BCUT2D eigenvalue weighted by atomic mass is 35.5. The fourth-order valence-electron chi connectivity index (χ4n) is 4.43. The smallest absolute Gasteiger partial charge is 0.117 e. The molecule has 4 N–H and O–H groups in total. The van der Waals surface area contributed by atoms with Crippen LogP contribution in [0.5, 0.6) is 0 Å². The molecule has 1 rings (SSSR count). The minimum absolute atomic E-state index is 0.0334. The highest BCUT2D eigenvalue weighted by molar-refractivity contribution is 6.20. The van der Waals surface area contributed by atoms with E-state index in [1.54, 1.807) is 0 Å². The Hall–Kier alpha value is 0.170. The molecule has 7 unspecified atom stereocenters. The van der Waals surface area contributed by atoms with E-state index in [1.165, 1.54) is 64.2 Å². The third kappa shape index (κ3) is 17.3. The zero-order chi connectivity index (χ0) is 24.4. The molecule has 0 heterocycles. The number of aliphatic hydroxyl groups excluding tert-OH is 1. The molecule has 0 aromatic rings. The molecule has 0 aromatic heterocycles. The van der Waals surface area contributed by atoms with Crippen LogP contribution >= 0.6 is 11.6 Å². The van der Waals surface area contributed by atoms with Gasteiger partial charge in [-0.2, -0.15) is 0 Å². The van der Waals surface area contributed by atoms with E-state index >= 15 is 0 Å². The molecule has 7 atom stereocenters. The molecule has 31 heavy (non-hydrogen) atoms. The Kier molecular flexibility index (Phi) is 22.3. The molecule has 1 aliphatic rings. The molecule has 0 amide bonds. The van der Waals surface area contributed by atoms with E-state index in [0.29, 0.717) is 17.3 Å². The summed E-state index contributed by atoms with van der Waals surface area (Å²) in [6.45, 7) is 19.5. The Labute approximate surface area is 201 Å². The van der Waals surface area contributed by atoms with Crippen molar-refractivity contribution in [1.82, 2.24) is 5.32 Å². The van der Waals surface area contributed by atoms with Crippen LogP contribution in [0.25, 0.3) is 0 Å². The molecule has 4 heteroatoms. The Morgan fingerprint density at radius 1 is 1.00 bits per heavy atom. The second-order valence-corrected chi connectivity index (χ2v) is 10.5. The van der Waals surface area contributed by atoms with Crippen molar-refractivity contribution >= 4 is 11.6 Å². The number of nitrogens with two attached hydrogens (primary N) is 1. The van der Waals surface area contributed by atoms with Crippen LogP contribution in [0.2, 0.25) is 0 Å². The Morgan fingerprint density at radius 3 is 2.00 bits per heavy atom. The molecule has 1 saturated carbocycles. The fraction of sp³-hybridized carbons (Fsp3) is 1.00. The number of nitrogens with one attached hydrogen (secondary N) is 1. The van der Waals surface area contributed by atoms with Gasteiger partial charge in [-0.05, 0) is 63.2 Å². The van der Waals surface area contributed by atoms with Gasteiger partial charge in [0.25, 0.3) is 0 Å². The average Bonchev–Trinajstić information content (AvgIpc) is 3.17. The summed E-state index contributed by atoms with van der Waals surface area (Å²) in [4.78, 5) is 0. The van der Waals surface area contributed by atoms with Crippen LogP contribution in [0.15, 0.2) is 0 Å². The molecule has 0 radical (unpaired) electrons. The summed E-state index contributed by atoms with van der Waals surface area (Å²) in [6.07, 6.45) is 12.3. The maximum absolute atomic E-state index is 9.30. The summed E-state index contributed by atoms with van der Waals surface area (Å²) in [5.74, 6) is 3.38. The van der Waals surface area contributed by atoms with Gasteiger partial charge >= 0.3 is 0 Å². The van der Waals surface area contributed by atoms with Gasteiger partial charge in [0.05, 0.1) is 0 Å². The summed E-state index contributed by atoms with van der Waals surface area (Å²) in [7, 11) is 0. The molecule has 1 fully saturated rings. The fourth-order valence-corrected chi connectivity index (χ4v) is 4.90. The Morgan fingerprint density at radius 2 is 1.58 bits per heavy atom. The molecular weight excluding hydrogens is 404 g/mol. The zero-order valence-electron chi connectivity index (χ0n) is 22.6. The van der Waals surface area contributed by atoms with Gasteiger partial charge < -0.3 is 16.2 Å². The summed E-state index contributed by atoms with van der Waals surface area (Å²) in [6, 6.07) is 0.381. The number of hydrogen-bond donors (Lipinski definition) is 3.